The van der Waals surface area contributed by atoms with Gasteiger partial charge in [-0.05, 0) is 0 Å². The fourth-order valence-electron chi connectivity index (χ4n) is 1.66. The van der Waals surface area contributed by atoms with E-state index in [2.05, 4.69) is 9.97 Å². The number of aromatic nitrogens is 2. The van der Waals surface area contributed by atoms with Gasteiger partial charge in [0.1, 0.15) is 0 Å². The van der Waals surface area contributed by atoms with Crippen molar-refractivity contribution in [3.8, 4) is 0 Å². The number of amides is 1. The summed E-state index contributed by atoms with van der Waals surface area (Å²) in [5.41, 5.74) is 5.62. The number of nitrogen functional groups attached to an aromatic ring is 1. The maximum Gasteiger partial charge on any atom is 0.228 e. The second kappa shape index (κ2) is 3.82. The first kappa shape index (κ1) is 9.85. The van der Waals surface area contributed by atoms with Gasteiger partial charge in [0, 0.05) is 37.9 Å². The first-order valence-electron chi connectivity index (χ1n) is 4.70. The molecule has 80 valence electrons. The Labute approximate surface area is 86.7 Å². The summed E-state index contributed by atoms with van der Waals surface area (Å²) in [6, 6.07) is 0. The van der Waals surface area contributed by atoms with E-state index >= 15 is 0 Å². The van der Waals surface area contributed by atoms with E-state index in [1.807, 2.05) is 0 Å². The highest BCUT2D eigenvalue weighted by molar-refractivity contribution is 5.96. The molecule has 1 saturated heterocycles. The molecule has 0 bridgehead atoms. The predicted octanol–water partition coefficient (Wildman–Crippen LogP) is -0.596. The zero-order chi connectivity index (χ0) is 10.8. The molecule has 1 amide bonds. The van der Waals surface area contributed by atoms with Crippen molar-refractivity contribution in [3.63, 3.8) is 0 Å². The standard InChI is InChI=1S/C9H12N4O2/c10-8-9(12-2-1-11-8)13-4-6(5-14)3-7(13)15/h1-2,6,14H,3-5H2,(H2,10,11). The van der Waals surface area contributed by atoms with E-state index in [9.17, 15) is 4.79 Å². The normalized spacial score (nSPS) is 21.0. The Kier molecular flexibility index (Phi) is 2.51. The number of rotatable bonds is 2. The Bertz CT molecular complexity index is 382. The number of hydrogen-bond acceptors (Lipinski definition) is 5. The van der Waals surface area contributed by atoms with E-state index in [0.717, 1.165) is 0 Å². The number of nitrogens with two attached hydrogens (primary N) is 1. The van der Waals surface area contributed by atoms with Gasteiger partial charge in [0.25, 0.3) is 0 Å². The number of carbonyl (C=O) groups is 1. The van der Waals surface area contributed by atoms with E-state index in [1.54, 1.807) is 0 Å². The van der Waals surface area contributed by atoms with E-state index in [1.165, 1.54) is 17.3 Å². The second-order valence-corrected chi connectivity index (χ2v) is 3.52. The van der Waals surface area contributed by atoms with Gasteiger partial charge in [-0.1, -0.05) is 0 Å². The smallest absolute Gasteiger partial charge is 0.228 e. The summed E-state index contributed by atoms with van der Waals surface area (Å²) < 4.78 is 0. The summed E-state index contributed by atoms with van der Waals surface area (Å²) in [5.74, 6) is 0.531. The van der Waals surface area contributed by atoms with Crippen molar-refractivity contribution in [2.75, 3.05) is 23.8 Å². The lowest BCUT2D eigenvalue weighted by atomic mass is 10.1. The van der Waals surface area contributed by atoms with Crippen molar-refractivity contribution < 1.29 is 9.90 Å². The van der Waals surface area contributed by atoms with Crippen molar-refractivity contribution >= 4 is 17.5 Å². The van der Waals surface area contributed by atoms with Gasteiger partial charge in [0.05, 0.1) is 0 Å². The van der Waals surface area contributed by atoms with Gasteiger partial charge in [-0.3, -0.25) is 9.69 Å². The molecule has 0 aliphatic carbocycles. The molecule has 0 aromatic carbocycles. The Morgan fingerprint density at radius 1 is 1.53 bits per heavy atom. The molecule has 3 N–H and O–H groups in total. The molecule has 1 atom stereocenters. The highest BCUT2D eigenvalue weighted by Crippen LogP contribution is 2.25. The molecule has 0 saturated carbocycles. The summed E-state index contributed by atoms with van der Waals surface area (Å²) in [5, 5.41) is 8.97. The van der Waals surface area contributed by atoms with Gasteiger partial charge >= 0.3 is 0 Å². The first-order valence-corrected chi connectivity index (χ1v) is 4.70. The molecule has 0 spiro atoms. The van der Waals surface area contributed by atoms with Crippen LogP contribution < -0.4 is 10.6 Å². The summed E-state index contributed by atoms with van der Waals surface area (Å²) in [4.78, 5) is 20.9. The Balaban J connectivity index is 2.25. The maximum atomic E-state index is 11.6. The van der Waals surface area contributed by atoms with E-state index < -0.39 is 0 Å². The van der Waals surface area contributed by atoms with Crippen LogP contribution in [0, 0.1) is 5.92 Å². The summed E-state index contributed by atoms with van der Waals surface area (Å²) >= 11 is 0. The molecule has 6 heteroatoms. The molecule has 1 unspecified atom stereocenters. The molecule has 6 nitrogen and oxygen atoms in total. The Morgan fingerprint density at radius 3 is 2.87 bits per heavy atom. The van der Waals surface area contributed by atoms with Gasteiger partial charge in [-0.15, -0.1) is 0 Å². The highest BCUT2D eigenvalue weighted by atomic mass is 16.3. The van der Waals surface area contributed by atoms with Crippen LogP contribution in [0.2, 0.25) is 0 Å². The van der Waals surface area contributed by atoms with E-state index in [0.29, 0.717) is 18.8 Å². The first-order chi connectivity index (χ1) is 7.22. The van der Waals surface area contributed by atoms with E-state index in [4.69, 9.17) is 10.8 Å². The molecule has 1 aromatic heterocycles. The van der Waals surface area contributed by atoms with Crippen LogP contribution in [-0.2, 0) is 4.79 Å². The lowest BCUT2D eigenvalue weighted by Crippen LogP contribution is -2.27. The number of anilines is 2. The maximum absolute atomic E-state index is 11.6. The van der Waals surface area contributed by atoms with Crippen molar-refractivity contribution in [3.05, 3.63) is 12.4 Å². The fraction of sp³-hybridized carbons (Fsp3) is 0.444. The van der Waals surface area contributed by atoms with Gasteiger partial charge < -0.3 is 10.8 Å². The van der Waals surface area contributed by atoms with Gasteiger partial charge in [-0.25, -0.2) is 9.97 Å². The average Bonchev–Trinajstić information content (AvgIpc) is 2.60. The highest BCUT2D eigenvalue weighted by Gasteiger charge is 2.31. The minimum Gasteiger partial charge on any atom is -0.396 e. The molecule has 2 rings (SSSR count). The average molecular weight is 208 g/mol. The third-order valence-electron chi connectivity index (χ3n) is 2.43. The van der Waals surface area contributed by atoms with Gasteiger partial charge in [0.15, 0.2) is 11.6 Å². The van der Waals surface area contributed by atoms with Gasteiger partial charge in [-0.2, -0.15) is 0 Å². The minimum atomic E-state index is -0.0683. The van der Waals surface area contributed by atoms with Crippen LogP contribution in [0.4, 0.5) is 11.6 Å². The third kappa shape index (κ3) is 1.75. The number of hydrogen-bond donors (Lipinski definition) is 2. The molecule has 1 aromatic rings. The zero-order valence-corrected chi connectivity index (χ0v) is 8.13. The molecule has 1 aliphatic heterocycles. The lowest BCUT2D eigenvalue weighted by Gasteiger charge is -2.15. The molecular weight excluding hydrogens is 196 g/mol. The second-order valence-electron chi connectivity index (χ2n) is 3.52. The van der Waals surface area contributed by atoms with Crippen molar-refractivity contribution in [2.24, 2.45) is 5.92 Å². The molecule has 15 heavy (non-hydrogen) atoms. The fourth-order valence-corrected chi connectivity index (χ4v) is 1.66. The lowest BCUT2D eigenvalue weighted by molar-refractivity contribution is -0.117. The van der Waals surface area contributed by atoms with Crippen molar-refractivity contribution in [2.45, 2.75) is 6.42 Å². The van der Waals surface area contributed by atoms with Crippen LogP contribution in [0.3, 0.4) is 0 Å². The number of aliphatic hydroxyl groups excluding tert-OH is 1. The quantitative estimate of drug-likeness (QED) is 0.677. The zero-order valence-electron chi connectivity index (χ0n) is 8.13. The molecule has 1 aliphatic rings. The van der Waals surface area contributed by atoms with Crippen molar-refractivity contribution in [1.82, 2.24) is 9.97 Å². The SMILES string of the molecule is Nc1nccnc1N1CC(CO)CC1=O. The Morgan fingerprint density at radius 2 is 2.27 bits per heavy atom. The van der Waals surface area contributed by atoms with Crippen LogP contribution in [0.15, 0.2) is 12.4 Å². The minimum absolute atomic E-state index is 0.00239. The monoisotopic (exact) mass is 208 g/mol. The number of carbonyl (C=O) groups excluding carboxylic acids is 1. The molecule has 1 fully saturated rings. The summed E-state index contributed by atoms with van der Waals surface area (Å²) in [6.45, 7) is 0.459. The largest absolute Gasteiger partial charge is 0.396 e. The predicted molar refractivity (Wildman–Crippen MR) is 54.0 cm³/mol. The van der Waals surface area contributed by atoms with E-state index in [-0.39, 0.29) is 24.2 Å². The van der Waals surface area contributed by atoms with Crippen LogP contribution in [-0.4, -0.2) is 34.1 Å². The molecule has 0 radical (unpaired) electrons. The number of nitrogens with zero attached hydrogens (tertiary/aromatic N) is 3. The van der Waals surface area contributed by atoms with Crippen LogP contribution in [0.5, 0.6) is 0 Å². The summed E-state index contributed by atoms with van der Waals surface area (Å²) in [7, 11) is 0. The molecular formula is C9H12N4O2. The van der Waals surface area contributed by atoms with Crippen LogP contribution in [0.1, 0.15) is 6.42 Å². The third-order valence-corrected chi connectivity index (χ3v) is 2.43. The topological polar surface area (TPSA) is 92.3 Å². The summed E-state index contributed by atoms with van der Waals surface area (Å²) in [6.07, 6.45) is 3.31. The van der Waals surface area contributed by atoms with Crippen molar-refractivity contribution in [1.29, 1.82) is 0 Å². The van der Waals surface area contributed by atoms with Crippen LogP contribution >= 0.6 is 0 Å². The van der Waals surface area contributed by atoms with Crippen LogP contribution in [0.25, 0.3) is 0 Å². The Hall–Kier alpha value is -1.69. The molecule has 2 heterocycles. The number of aliphatic hydroxyl groups is 1. The van der Waals surface area contributed by atoms with Gasteiger partial charge in [0.2, 0.25) is 5.91 Å².